The number of aryl methyl sites for hydroxylation is 2. The van der Waals surface area contributed by atoms with Crippen LogP contribution in [0.25, 0.3) is 20.3 Å². The SMILES string of the molecule is Cc1cc(C)cc(NC(=O)Cn2cnc3c(sc4ccccc43)c2=O)c1. The van der Waals surface area contributed by atoms with E-state index in [2.05, 4.69) is 10.3 Å². The van der Waals surface area contributed by atoms with Crippen LogP contribution in [0.4, 0.5) is 5.69 Å². The fraction of sp³-hybridized carbons (Fsp3) is 0.150. The predicted octanol–water partition coefficient (Wildman–Crippen LogP) is 3.87. The number of benzene rings is 2. The highest BCUT2D eigenvalue weighted by Gasteiger charge is 2.13. The van der Waals surface area contributed by atoms with Crippen LogP contribution in [-0.4, -0.2) is 15.5 Å². The Morgan fingerprint density at radius 1 is 1.15 bits per heavy atom. The van der Waals surface area contributed by atoms with Crippen LogP contribution < -0.4 is 10.9 Å². The van der Waals surface area contributed by atoms with Crippen LogP contribution in [-0.2, 0) is 11.3 Å². The maximum atomic E-state index is 12.7. The third-order valence-electron chi connectivity index (χ3n) is 4.17. The largest absolute Gasteiger partial charge is 0.325 e. The van der Waals surface area contributed by atoms with Crippen molar-refractivity contribution in [3.05, 3.63) is 70.3 Å². The third kappa shape index (κ3) is 2.99. The van der Waals surface area contributed by atoms with E-state index in [0.29, 0.717) is 10.2 Å². The molecule has 0 saturated heterocycles. The molecule has 0 aliphatic carbocycles. The Balaban J connectivity index is 1.64. The molecule has 2 aromatic carbocycles. The molecule has 0 unspecified atom stereocenters. The molecule has 0 atom stereocenters. The van der Waals surface area contributed by atoms with Crippen molar-refractivity contribution in [1.29, 1.82) is 0 Å². The molecule has 0 bridgehead atoms. The monoisotopic (exact) mass is 363 g/mol. The molecule has 4 aromatic rings. The first-order valence-electron chi connectivity index (χ1n) is 8.26. The number of thiophene rings is 1. The summed E-state index contributed by atoms with van der Waals surface area (Å²) in [6.07, 6.45) is 1.45. The molecule has 5 nitrogen and oxygen atoms in total. The van der Waals surface area contributed by atoms with E-state index in [-0.39, 0.29) is 18.0 Å². The van der Waals surface area contributed by atoms with Crippen molar-refractivity contribution >= 4 is 43.2 Å². The Bertz CT molecular complexity index is 1190. The van der Waals surface area contributed by atoms with Gasteiger partial charge in [0.25, 0.3) is 5.56 Å². The summed E-state index contributed by atoms with van der Waals surface area (Å²) < 4.78 is 2.95. The van der Waals surface area contributed by atoms with Crippen LogP contribution in [0.3, 0.4) is 0 Å². The first-order valence-corrected chi connectivity index (χ1v) is 9.08. The summed E-state index contributed by atoms with van der Waals surface area (Å²) in [5.74, 6) is -0.251. The zero-order valence-electron chi connectivity index (χ0n) is 14.4. The van der Waals surface area contributed by atoms with Crippen molar-refractivity contribution in [3.8, 4) is 0 Å². The zero-order chi connectivity index (χ0) is 18.3. The van der Waals surface area contributed by atoms with Gasteiger partial charge in [-0.2, -0.15) is 0 Å². The second-order valence-corrected chi connectivity index (χ2v) is 7.43. The van der Waals surface area contributed by atoms with Gasteiger partial charge in [0.15, 0.2) is 0 Å². The number of hydrogen-bond donors (Lipinski definition) is 1. The summed E-state index contributed by atoms with van der Waals surface area (Å²) in [5.41, 5.74) is 3.39. The van der Waals surface area contributed by atoms with E-state index >= 15 is 0 Å². The first-order chi connectivity index (χ1) is 12.5. The van der Waals surface area contributed by atoms with Crippen LogP contribution >= 0.6 is 11.3 Å². The van der Waals surface area contributed by atoms with Crippen molar-refractivity contribution in [2.24, 2.45) is 0 Å². The molecule has 0 spiro atoms. The van der Waals surface area contributed by atoms with Crippen LogP contribution in [0.5, 0.6) is 0 Å². The maximum Gasteiger partial charge on any atom is 0.271 e. The van der Waals surface area contributed by atoms with Gasteiger partial charge in [-0.3, -0.25) is 14.2 Å². The van der Waals surface area contributed by atoms with Gasteiger partial charge in [0.2, 0.25) is 5.91 Å². The van der Waals surface area contributed by atoms with Gasteiger partial charge in [0.1, 0.15) is 11.2 Å². The number of carbonyl (C=O) groups excluding carboxylic acids is 1. The normalized spacial score (nSPS) is 11.2. The van der Waals surface area contributed by atoms with Crippen LogP contribution in [0.1, 0.15) is 11.1 Å². The van der Waals surface area contributed by atoms with Crippen LogP contribution in [0, 0.1) is 13.8 Å². The van der Waals surface area contributed by atoms with Crippen molar-refractivity contribution in [1.82, 2.24) is 9.55 Å². The number of amides is 1. The third-order valence-corrected chi connectivity index (χ3v) is 5.32. The van der Waals surface area contributed by atoms with Crippen molar-refractivity contribution < 1.29 is 4.79 Å². The Morgan fingerprint density at radius 3 is 2.65 bits per heavy atom. The summed E-state index contributed by atoms with van der Waals surface area (Å²) in [6, 6.07) is 13.6. The molecule has 1 N–H and O–H groups in total. The summed E-state index contributed by atoms with van der Waals surface area (Å²) in [7, 11) is 0. The molecule has 2 aromatic heterocycles. The number of aromatic nitrogens is 2. The second kappa shape index (κ2) is 6.38. The second-order valence-electron chi connectivity index (χ2n) is 6.38. The number of nitrogens with zero attached hydrogens (tertiary/aromatic N) is 2. The van der Waals surface area contributed by atoms with Crippen molar-refractivity contribution in [2.75, 3.05) is 5.32 Å². The van der Waals surface area contributed by atoms with Crippen molar-refractivity contribution in [3.63, 3.8) is 0 Å². The predicted molar refractivity (Wildman–Crippen MR) is 106 cm³/mol. The maximum absolute atomic E-state index is 12.7. The molecular formula is C20H17N3O2S. The lowest BCUT2D eigenvalue weighted by molar-refractivity contribution is -0.116. The Hall–Kier alpha value is -2.99. The zero-order valence-corrected chi connectivity index (χ0v) is 15.3. The summed E-state index contributed by atoms with van der Waals surface area (Å²) >= 11 is 1.41. The number of anilines is 1. The molecule has 1 amide bonds. The number of fused-ring (bicyclic) bond motifs is 3. The summed E-state index contributed by atoms with van der Waals surface area (Å²) in [6.45, 7) is 3.89. The van der Waals surface area contributed by atoms with E-state index in [0.717, 1.165) is 26.9 Å². The average molecular weight is 363 g/mol. The quantitative estimate of drug-likeness (QED) is 0.601. The average Bonchev–Trinajstić information content (AvgIpc) is 2.96. The van der Waals surface area contributed by atoms with Crippen LogP contribution in [0.15, 0.2) is 53.6 Å². The molecular weight excluding hydrogens is 346 g/mol. The van der Waals surface area contributed by atoms with E-state index < -0.39 is 0 Å². The molecule has 4 rings (SSSR count). The minimum absolute atomic E-state index is 0.0665. The van der Waals surface area contributed by atoms with Gasteiger partial charge < -0.3 is 5.32 Å². The smallest absolute Gasteiger partial charge is 0.271 e. The highest BCUT2D eigenvalue weighted by molar-refractivity contribution is 7.25. The topological polar surface area (TPSA) is 64.0 Å². The standard InChI is InChI=1S/C20H17N3O2S/c1-12-7-13(2)9-14(8-12)22-17(24)10-23-11-21-18-15-5-3-4-6-16(15)26-19(18)20(23)25/h3-9,11H,10H2,1-2H3,(H,22,24). The van der Waals surface area contributed by atoms with E-state index in [4.69, 9.17) is 0 Å². The minimum Gasteiger partial charge on any atom is -0.325 e. The number of nitrogens with one attached hydrogen (secondary N) is 1. The Kier molecular flexibility index (Phi) is 4.05. The van der Waals surface area contributed by atoms with Gasteiger partial charge in [0, 0.05) is 15.8 Å². The number of hydrogen-bond acceptors (Lipinski definition) is 4. The summed E-state index contributed by atoms with van der Waals surface area (Å²) in [5, 5.41) is 3.82. The van der Waals surface area contributed by atoms with Gasteiger partial charge in [-0.1, -0.05) is 24.3 Å². The van der Waals surface area contributed by atoms with Gasteiger partial charge in [0.05, 0.1) is 11.8 Å². The molecule has 0 saturated carbocycles. The van der Waals surface area contributed by atoms with E-state index in [9.17, 15) is 9.59 Å². The molecule has 130 valence electrons. The lowest BCUT2D eigenvalue weighted by Gasteiger charge is -2.09. The van der Waals surface area contributed by atoms with Gasteiger partial charge in [-0.05, 0) is 43.2 Å². The fourth-order valence-corrected chi connectivity index (χ4v) is 4.24. The Labute approximate surface area is 153 Å². The van der Waals surface area contributed by atoms with E-state index in [1.807, 2.05) is 56.3 Å². The molecule has 0 radical (unpaired) electrons. The molecule has 2 heterocycles. The lowest BCUT2D eigenvalue weighted by Crippen LogP contribution is -2.27. The highest BCUT2D eigenvalue weighted by atomic mass is 32.1. The van der Waals surface area contributed by atoms with Gasteiger partial charge in [-0.25, -0.2) is 4.98 Å². The molecule has 0 aliphatic heterocycles. The van der Waals surface area contributed by atoms with Gasteiger partial charge >= 0.3 is 0 Å². The molecule has 26 heavy (non-hydrogen) atoms. The van der Waals surface area contributed by atoms with Crippen molar-refractivity contribution in [2.45, 2.75) is 20.4 Å². The lowest BCUT2D eigenvalue weighted by atomic mass is 10.1. The first kappa shape index (κ1) is 16.5. The molecule has 6 heteroatoms. The Morgan fingerprint density at radius 2 is 1.88 bits per heavy atom. The molecule has 0 aliphatic rings. The number of rotatable bonds is 3. The van der Waals surface area contributed by atoms with Gasteiger partial charge in [-0.15, -0.1) is 11.3 Å². The van der Waals surface area contributed by atoms with Crippen LogP contribution in [0.2, 0.25) is 0 Å². The number of carbonyl (C=O) groups is 1. The van der Waals surface area contributed by atoms with E-state index in [1.165, 1.54) is 22.2 Å². The minimum atomic E-state index is -0.251. The summed E-state index contributed by atoms with van der Waals surface area (Å²) in [4.78, 5) is 29.5. The molecule has 0 fully saturated rings. The van der Waals surface area contributed by atoms with E-state index in [1.54, 1.807) is 0 Å². The fourth-order valence-electron chi connectivity index (χ4n) is 3.13. The highest BCUT2D eigenvalue weighted by Crippen LogP contribution is 2.29.